The van der Waals surface area contributed by atoms with Crippen molar-refractivity contribution >= 4 is 17.7 Å². The molecule has 2 rings (SSSR count). The zero-order chi connectivity index (χ0) is 12.4. The van der Waals surface area contributed by atoms with Gasteiger partial charge in [-0.15, -0.1) is 11.8 Å². The van der Waals surface area contributed by atoms with E-state index in [1.165, 1.54) is 0 Å². The van der Waals surface area contributed by atoms with Crippen molar-refractivity contribution in [1.29, 1.82) is 0 Å². The third-order valence-corrected chi connectivity index (χ3v) is 3.41. The number of carbonyl (C=O) groups is 1. The zero-order valence-electron chi connectivity index (χ0n) is 10.4. The maximum Gasteiger partial charge on any atom is 0.254 e. The van der Waals surface area contributed by atoms with E-state index in [-0.39, 0.29) is 5.91 Å². The fraction of sp³-hybridized carbons (Fsp3) is 0.462. The molecule has 1 aromatic rings. The lowest BCUT2D eigenvalue weighted by Gasteiger charge is -2.14. The van der Waals surface area contributed by atoms with E-state index >= 15 is 0 Å². The van der Waals surface area contributed by atoms with Gasteiger partial charge in [-0.2, -0.15) is 0 Å². The van der Waals surface area contributed by atoms with Gasteiger partial charge in [0, 0.05) is 19.0 Å². The topological polar surface area (TPSA) is 29.5 Å². The van der Waals surface area contributed by atoms with Crippen LogP contribution in [0, 0.1) is 0 Å². The van der Waals surface area contributed by atoms with E-state index in [9.17, 15) is 4.79 Å². The van der Waals surface area contributed by atoms with Crippen LogP contribution in [-0.4, -0.2) is 37.3 Å². The van der Waals surface area contributed by atoms with Crippen LogP contribution in [0.3, 0.4) is 0 Å². The van der Waals surface area contributed by atoms with Crippen LogP contribution in [0.15, 0.2) is 23.1 Å². The van der Waals surface area contributed by atoms with Gasteiger partial charge in [-0.05, 0) is 37.3 Å². The summed E-state index contributed by atoms with van der Waals surface area (Å²) in [7, 11) is 3.53. The van der Waals surface area contributed by atoms with Gasteiger partial charge < -0.3 is 9.64 Å². The van der Waals surface area contributed by atoms with Gasteiger partial charge in [0.05, 0.1) is 11.7 Å². The van der Waals surface area contributed by atoms with Crippen LogP contribution in [-0.2, 0) is 0 Å². The third kappa shape index (κ3) is 2.94. The highest BCUT2D eigenvalue weighted by molar-refractivity contribution is 7.98. The van der Waals surface area contributed by atoms with E-state index in [2.05, 4.69) is 0 Å². The van der Waals surface area contributed by atoms with Crippen molar-refractivity contribution in [2.75, 3.05) is 20.4 Å². The van der Waals surface area contributed by atoms with E-state index in [0.29, 0.717) is 6.10 Å². The first kappa shape index (κ1) is 12.3. The van der Waals surface area contributed by atoms with Crippen molar-refractivity contribution in [3.8, 4) is 5.75 Å². The molecule has 0 N–H and O–H groups in total. The minimum absolute atomic E-state index is 0.0346. The second-order valence-electron chi connectivity index (χ2n) is 4.38. The highest BCUT2D eigenvalue weighted by Crippen LogP contribution is 2.31. The number of ether oxygens (including phenoxy) is 1. The number of hydrogen-bond acceptors (Lipinski definition) is 3. The van der Waals surface area contributed by atoms with Crippen LogP contribution in [0.25, 0.3) is 0 Å². The molecule has 0 aliphatic heterocycles. The molecular weight excluding hydrogens is 234 g/mol. The van der Waals surface area contributed by atoms with E-state index in [0.717, 1.165) is 29.1 Å². The maximum atomic E-state index is 11.9. The highest BCUT2D eigenvalue weighted by atomic mass is 32.2. The number of nitrogens with zero attached hydrogens (tertiary/aromatic N) is 1. The summed E-state index contributed by atoms with van der Waals surface area (Å²) in [5.74, 6) is 0.902. The van der Waals surface area contributed by atoms with Gasteiger partial charge in [0.1, 0.15) is 5.75 Å². The van der Waals surface area contributed by atoms with Crippen LogP contribution in [0.1, 0.15) is 23.2 Å². The van der Waals surface area contributed by atoms with Crippen molar-refractivity contribution in [2.45, 2.75) is 23.8 Å². The summed E-state index contributed by atoms with van der Waals surface area (Å²) in [6.45, 7) is 0. The number of amides is 1. The Balaban J connectivity index is 2.23. The third-order valence-electron chi connectivity index (χ3n) is 2.64. The zero-order valence-corrected chi connectivity index (χ0v) is 11.2. The van der Waals surface area contributed by atoms with E-state index in [4.69, 9.17) is 4.74 Å². The molecule has 0 spiro atoms. The predicted octanol–water partition coefficient (Wildman–Crippen LogP) is 2.65. The van der Waals surface area contributed by atoms with E-state index < -0.39 is 0 Å². The van der Waals surface area contributed by atoms with Gasteiger partial charge in [0.2, 0.25) is 0 Å². The van der Waals surface area contributed by atoms with Gasteiger partial charge in [-0.3, -0.25) is 4.79 Å². The molecule has 0 atom stereocenters. The average Bonchev–Trinajstić information content (AvgIpc) is 3.11. The SMILES string of the molecule is CSc1cc(OC2CC2)ccc1C(=O)N(C)C. The molecule has 1 saturated carbocycles. The summed E-state index contributed by atoms with van der Waals surface area (Å²) >= 11 is 1.58. The second kappa shape index (κ2) is 5.00. The number of thioether (sulfide) groups is 1. The first-order valence-corrected chi connectivity index (χ1v) is 6.90. The molecule has 0 aromatic heterocycles. The van der Waals surface area contributed by atoms with Gasteiger partial charge >= 0.3 is 0 Å². The highest BCUT2D eigenvalue weighted by Gasteiger charge is 2.24. The molecule has 1 aromatic carbocycles. The molecule has 3 nitrogen and oxygen atoms in total. The standard InChI is InChI=1S/C13H17NO2S/c1-14(2)13(15)11-7-6-10(8-12(11)17-3)16-9-4-5-9/h6-9H,4-5H2,1-3H3. The molecular formula is C13H17NO2S. The van der Waals surface area contributed by atoms with E-state index in [1.54, 1.807) is 30.8 Å². The molecule has 17 heavy (non-hydrogen) atoms. The molecule has 1 aliphatic rings. The summed E-state index contributed by atoms with van der Waals surface area (Å²) in [6, 6.07) is 5.69. The lowest BCUT2D eigenvalue weighted by Crippen LogP contribution is -2.22. The van der Waals surface area contributed by atoms with Crippen molar-refractivity contribution in [3.63, 3.8) is 0 Å². The average molecular weight is 251 g/mol. The number of carbonyl (C=O) groups excluding carboxylic acids is 1. The normalized spacial score (nSPS) is 14.5. The predicted molar refractivity (Wildman–Crippen MR) is 69.9 cm³/mol. The van der Waals surface area contributed by atoms with Crippen molar-refractivity contribution < 1.29 is 9.53 Å². The van der Waals surface area contributed by atoms with Crippen LogP contribution in [0.4, 0.5) is 0 Å². The van der Waals surface area contributed by atoms with Crippen molar-refractivity contribution in [3.05, 3.63) is 23.8 Å². The summed E-state index contributed by atoms with van der Waals surface area (Å²) in [4.78, 5) is 14.5. The summed E-state index contributed by atoms with van der Waals surface area (Å²) in [5.41, 5.74) is 0.741. The molecule has 0 unspecified atom stereocenters. The Morgan fingerprint density at radius 1 is 1.41 bits per heavy atom. The Morgan fingerprint density at radius 2 is 2.12 bits per heavy atom. The molecule has 0 bridgehead atoms. The lowest BCUT2D eigenvalue weighted by molar-refractivity contribution is 0.0824. The molecule has 1 aliphatic carbocycles. The largest absolute Gasteiger partial charge is 0.490 e. The van der Waals surface area contributed by atoms with Gasteiger partial charge in [-0.1, -0.05) is 0 Å². The molecule has 92 valence electrons. The van der Waals surface area contributed by atoms with Gasteiger partial charge in [0.15, 0.2) is 0 Å². The molecule has 4 heteroatoms. The molecule has 1 amide bonds. The Bertz CT molecular complexity index is 427. The van der Waals surface area contributed by atoms with Crippen LogP contribution < -0.4 is 4.74 Å². The van der Waals surface area contributed by atoms with Crippen molar-refractivity contribution in [2.24, 2.45) is 0 Å². The second-order valence-corrected chi connectivity index (χ2v) is 5.23. The van der Waals surface area contributed by atoms with Crippen LogP contribution in [0.2, 0.25) is 0 Å². The Kier molecular flexibility index (Phi) is 3.62. The minimum Gasteiger partial charge on any atom is -0.490 e. The first-order valence-electron chi connectivity index (χ1n) is 5.68. The molecule has 0 radical (unpaired) electrons. The monoisotopic (exact) mass is 251 g/mol. The molecule has 1 fully saturated rings. The minimum atomic E-state index is 0.0346. The summed E-state index contributed by atoms with van der Waals surface area (Å²) in [5, 5.41) is 0. The Morgan fingerprint density at radius 3 is 2.65 bits per heavy atom. The van der Waals surface area contributed by atoms with Crippen LogP contribution in [0.5, 0.6) is 5.75 Å². The Labute approximate surface area is 106 Å². The first-order chi connectivity index (χ1) is 8.11. The number of rotatable bonds is 4. The van der Waals surface area contributed by atoms with E-state index in [1.807, 2.05) is 24.5 Å². The lowest BCUT2D eigenvalue weighted by atomic mass is 10.2. The maximum absolute atomic E-state index is 11.9. The quantitative estimate of drug-likeness (QED) is 0.770. The van der Waals surface area contributed by atoms with Gasteiger partial charge in [-0.25, -0.2) is 0 Å². The fourth-order valence-electron chi connectivity index (χ4n) is 1.54. The Hall–Kier alpha value is -1.16. The van der Waals surface area contributed by atoms with Crippen molar-refractivity contribution in [1.82, 2.24) is 4.90 Å². The molecule has 0 saturated heterocycles. The smallest absolute Gasteiger partial charge is 0.254 e. The summed E-state index contributed by atoms with van der Waals surface area (Å²) in [6.07, 6.45) is 4.66. The number of hydrogen-bond donors (Lipinski definition) is 0. The molecule has 0 heterocycles. The van der Waals surface area contributed by atoms with Gasteiger partial charge in [0.25, 0.3) is 5.91 Å². The fourth-order valence-corrected chi connectivity index (χ4v) is 2.15. The number of benzene rings is 1. The van der Waals surface area contributed by atoms with Crippen LogP contribution >= 0.6 is 11.8 Å². The summed E-state index contributed by atoms with van der Waals surface area (Å²) < 4.78 is 5.72.